The van der Waals surface area contributed by atoms with E-state index < -0.39 is 5.91 Å². The maximum absolute atomic E-state index is 11.8. The van der Waals surface area contributed by atoms with E-state index in [1.165, 1.54) is 11.7 Å². The first kappa shape index (κ1) is 13.0. The van der Waals surface area contributed by atoms with Crippen LogP contribution in [0, 0.1) is 6.92 Å². The predicted octanol–water partition coefficient (Wildman–Crippen LogP) is -0.731. The van der Waals surface area contributed by atoms with E-state index in [1.54, 1.807) is 6.92 Å². The first-order valence-corrected chi connectivity index (χ1v) is 5.32. The lowest BCUT2D eigenvalue weighted by atomic mass is 10.3. The molecular weight excluding hydrogens is 222 g/mol. The van der Waals surface area contributed by atoms with Crippen LogP contribution in [0.4, 0.5) is 5.69 Å². The lowest BCUT2D eigenvalue weighted by Gasteiger charge is -2.06. The van der Waals surface area contributed by atoms with E-state index in [2.05, 4.69) is 15.7 Å². The van der Waals surface area contributed by atoms with Gasteiger partial charge in [0.1, 0.15) is 5.69 Å². The smallest absolute Gasteiger partial charge is 0.272 e. The van der Waals surface area contributed by atoms with Crippen LogP contribution in [-0.4, -0.2) is 35.2 Å². The standard InChI is InChI=1S/C10H17N5O2/c1-4-15-9(8(11)6(2)14-15)10(17)13-5-7(16)12-3/h4-5,11H2,1-3H3,(H,12,16)(H,13,17). The summed E-state index contributed by atoms with van der Waals surface area (Å²) >= 11 is 0. The number of likely N-dealkylation sites (N-methyl/N-ethyl adjacent to an activating group) is 1. The van der Waals surface area contributed by atoms with Crippen LogP contribution in [0.5, 0.6) is 0 Å². The number of aryl methyl sites for hydroxylation is 2. The molecule has 0 aliphatic heterocycles. The van der Waals surface area contributed by atoms with Crippen LogP contribution in [0.15, 0.2) is 0 Å². The van der Waals surface area contributed by atoms with Crippen molar-refractivity contribution in [3.8, 4) is 0 Å². The number of carbonyl (C=O) groups excluding carboxylic acids is 2. The molecule has 4 N–H and O–H groups in total. The summed E-state index contributed by atoms with van der Waals surface area (Å²) in [6, 6.07) is 0. The average molecular weight is 239 g/mol. The van der Waals surface area contributed by atoms with Crippen LogP contribution in [0.2, 0.25) is 0 Å². The summed E-state index contributed by atoms with van der Waals surface area (Å²) in [5, 5.41) is 9.03. The van der Waals surface area contributed by atoms with Crippen LogP contribution in [0.3, 0.4) is 0 Å². The van der Waals surface area contributed by atoms with Gasteiger partial charge in [0.2, 0.25) is 5.91 Å². The van der Waals surface area contributed by atoms with E-state index in [-0.39, 0.29) is 12.5 Å². The van der Waals surface area contributed by atoms with E-state index >= 15 is 0 Å². The summed E-state index contributed by atoms with van der Waals surface area (Å²) in [6.07, 6.45) is 0. The SMILES string of the molecule is CCn1nc(C)c(N)c1C(=O)NCC(=O)NC. The number of rotatable bonds is 4. The molecule has 17 heavy (non-hydrogen) atoms. The van der Waals surface area contributed by atoms with Gasteiger partial charge in [-0.1, -0.05) is 0 Å². The highest BCUT2D eigenvalue weighted by molar-refractivity contribution is 5.99. The van der Waals surface area contributed by atoms with Crippen LogP contribution in [-0.2, 0) is 11.3 Å². The van der Waals surface area contributed by atoms with Crippen molar-refractivity contribution >= 4 is 17.5 Å². The summed E-state index contributed by atoms with van der Waals surface area (Å²) in [5.74, 6) is -0.662. The minimum atomic E-state index is -0.395. The number of hydrogen-bond donors (Lipinski definition) is 3. The zero-order chi connectivity index (χ0) is 13.0. The first-order valence-electron chi connectivity index (χ1n) is 5.32. The van der Waals surface area contributed by atoms with E-state index in [1.807, 2.05) is 6.92 Å². The summed E-state index contributed by atoms with van der Waals surface area (Å²) in [4.78, 5) is 22.9. The number of anilines is 1. The van der Waals surface area contributed by atoms with Crippen LogP contribution in [0.1, 0.15) is 23.1 Å². The van der Waals surface area contributed by atoms with Gasteiger partial charge in [-0.05, 0) is 13.8 Å². The molecule has 1 aromatic rings. The number of hydrogen-bond acceptors (Lipinski definition) is 4. The van der Waals surface area contributed by atoms with Crippen LogP contribution in [0.25, 0.3) is 0 Å². The monoisotopic (exact) mass is 239 g/mol. The first-order chi connectivity index (χ1) is 8.01. The Morgan fingerprint density at radius 3 is 2.65 bits per heavy atom. The molecule has 0 fully saturated rings. The number of nitrogens with two attached hydrogens (primary N) is 1. The molecule has 1 heterocycles. The van der Waals surface area contributed by atoms with Gasteiger partial charge in [0.05, 0.1) is 17.9 Å². The van der Waals surface area contributed by atoms with Crippen molar-refractivity contribution in [2.24, 2.45) is 0 Å². The number of nitrogens with zero attached hydrogens (tertiary/aromatic N) is 2. The molecule has 2 amide bonds. The molecule has 7 heteroatoms. The molecule has 0 unspecified atom stereocenters. The van der Waals surface area contributed by atoms with Crippen molar-refractivity contribution in [3.05, 3.63) is 11.4 Å². The normalized spacial score (nSPS) is 10.1. The molecule has 1 aromatic heterocycles. The number of carbonyl (C=O) groups is 2. The molecule has 94 valence electrons. The summed E-state index contributed by atoms with van der Waals surface area (Å²) in [5.41, 5.74) is 7.03. The Morgan fingerprint density at radius 2 is 2.12 bits per heavy atom. The molecule has 0 aliphatic rings. The summed E-state index contributed by atoms with van der Waals surface area (Å²) in [6.45, 7) is 4.06. The molecule has 1 rings (SSSR count). The lowest BCUT2D eigenvalue weighted by molar-refractivity contribution is -0.119. The lowest BCUT2D eigenvalue weighted by Crippen LogP contribution is -2.36. The summed E-state index contributed by atoms with van der Waals surface area (Å²) < 4.78 is 1.52. The minimum Gasteiger partial charge on any atom is -0.395 e. The average Bonchev–Trinajstić information content (AvgIpc) is 2.61. The second kappa shape index (κ2) is 5.33. The van der Waals surface area contributed by atoms with Crippen molar-refractivity contribution in [2.75, 3.05) is 19.3 Å². The Balaban J connectivity index is 2.85. The fourth-order valence-corrected chi connectivity index (χ4v) is 1.40. The second-order valence-electron chi connectivity index (χ2n) is 3.52. The third-order valence-corrected chi connectivity index (χ3v) is 2.38. The number of nitrogens with one attached hydrogen (secondary N) is 2. The van der Waals surface area contributed by atoms with Gasteiger partial charge in [-0.2, -0.15) is 5.10 Å². The van der Waals surface area contributed by atoms with Gasteiger partial charge in [-0.15, -0.1) is 0 Å². The van der Waals surface area contributed by atoms with Gasteiger partial charge >= 0.3 is 0 Å². The van der Waals surface area contributed by atoms with E-state index in [0.29, 0.717) is 23.6 Å². The van der Waals surface area contributed by atoms with E-state index in [0.717, 1.165) is 0 Å². The highest BCUT2D eigenvalue weighted by Gasteiger charge is 2.19. The van der Waals surface area contributed by atoms with E-state index in [4.69, 9.17) is 5.73 Å². The molecule has 0 radical (unpaired) electrons. The molecule has 0 bridgehead atoms. The Hall–Kier alpha value is -2.05. The Labute approximate surface area is 99.4 Å². The van der Waals surface area contributed by atoms with E-state index in [9.17, 15) is 9.59 Å². The molecule has 0 aliphatic carbocycles. The fraction of sp³-hybridized carbons (Fsp3) is 0.500. The predicted molar refractivity (Wildman–Crippen MR) is 63.5 cm³/mol. The van der Waals surface area contributed by atoms with Gasteiger partial charge in [0, 0.05) is 13.6 Å². The van der Waals surface area contributed by atoms with Crippen molar-refractivity contribution < 1.29 is 9.59 Å². The second-order valence-corrected chi connectivity index (χ2v) is 3.52. The topological polar surface area (TPSA) is 102 Å². The Morgan fingerprint density at radius 1 is 1.47 bits per heavy atom. The Kier molecular flexibility index (Phi) is 4.08. The number of aromatic nitrogens is 2. The van der Waals surface area contributed by atoms with Crippen LogP contribution >= 0.6 is 0 Å². The molecule has 0 aromatic carbocycles. The van der Waals surface area contributed by atoms with Crippen molar-refractivity contribution in [1.82, 2.24) is 20.4 Å². The molecule has 7 nitrogen and oxygen atoms in total. The van der Waals surface area contributed by atoms with Gasteiger partial charge in [0.15, 0.2) is 0 Å². The van der Waals surface area contributed by atoms with Gasteiger partial charge < -0.3 is 16.4 Å². The maximum Gasteiger partial charge on any atom is 0.272 e. The van der Waals surface area contributed by atoms with Gasteiger partial charge in [-0.25, -0.2) is 0 Å². The highest BCUT2D eigenvalue weighted by Crippen LogP contribution is 2.15. The molecule has 0 atom stereocenters. The third-order valence-electron chi connectivity index (χ3n) is 2.38. The number of nitrogen functional groups attached to an aromatic ring is 1. The third kappa shape index (κ3) is 2.74. The quantitative estimate of drug-likeness (QED) is 0.644. The minimum absolute atomic E-state index is 0.0806. The largest absolute Gasteiger partial charge is 0.395 e. The van der Waals surface area contributed by atoms with Crippen molar-refractivity contribution in [2.45, 2.75) is 20.4 Å². The molecular formula is C10H17N5O2. The zero-order valence-electron chi connectivity index (χ0n) is 10.2. The van der Waals surface area contributed by atoms with Gasteiger partial charge in [0.25, 0.3) is 5.91 Å². The highest BCUT2D eigenvalue weighted by atomic mass is 16.2. The molecule has 0 saturated carbocycles. The molecule has 0 saturated heterocycles. The van der Waals surface area contributed by atoms with Crippen molar-refractivity contribution in [1.29, 1.82) is 0 Å². The maximum atomic E-state index is 11.8. The van der Waals surface area contributed by atoms with Gasteiger partial charge in [-0.3, -0.25) is 14.3 Å². The molecule has 0 spiro atoms. The Bertz CT molecular complexity index is 438. The zero-order valence-corrected chi connectivity index (χ0v) is 10.2. The summed E-state index contributed by atoms with van der Waals surface area (Å²) in [7, 11) is 1.50. The van der Waals surface area contributed by atoms with Crippen molar-refractivity contribution in [3.63, 3.8) is 0 Å². The number of amides is 2. The fourth-order valence-electron chi connectivity index (χ4n) is 1.40. The van der Waals surface area contributed by atoms with Crippen LogP contribution < -0.4 is 16.4 Å².